The number of nitrogens with one attached hydrogen (secondary N) is 1. The van der Waals surface area contributed by atoms with Crippen LogP contribution in [0.2, 0.25) is 0 Å². The monoisotopic (exact) mass is 500 g/mol. The molecule has 0 saturated heterocycles. The zero-order valence-electron chi connectivity index (χ0n) is 19.8. The summed E-state index contributed by atoms with van der Waals surface area (Å²) in [4.78, 5) is 28.8. The standard InChI is InChI=1S/C24H28N4O6S/c1-4-5-14-34-19-10-12-20(13-11-19)35(32,33)28-15-18-8-6-7-9-21(18)27(23(29)17-26(2)3)16-22(28)24(30)25-31/h6-13,22,31H,14-17H2,1-3H3,(H,25,30). The largest absolute Gasteiger partial charge is 0.481 e. The fourth-order valence-corrected chi connectivity index (χ4v) is 5.27. The number of hydrogen-bond donors (Lipinski definition) is 2. The van der Waals surface area contributed by atoms with Gasteiger partial charge in [0.25, 0.3) is 5.91 Å². The van der Waals surface area contributed by atoms with Gasteiger partial charge in [0.15, 0.2) is 0 Å². The van der Waals surface area contributed by atoms with Gasteiger partial charge in [-0.05, 0) is 56.9 Å². The van der Waals surface area contributed by atoms with Crippen molar-refractivity contribution in [3.8, 4) is 17.6 Å². The third-order valence-electron chi connectivity index (χ3n) is 5.40. The Balaban J connectivity index is 2.03. The number of benzene rings is 2. The van der Waals surface area contributed by atoms with Crippen LogP contribution in [0.15, 0.2) is 53.4 Å². The van der Waals surface area contributed by atoms with Gasteiger partial charge in [-0.2, -0.15) is 4.31 Å². The molecule has 3 rings (SSSR count). The van der Waals surface area contributed by atoms with E-state index in [4.69, 9.17) is 4.74 Å². The molecule has 2 aromatic carbocycles. The molecule has 0 radical (unpaired) electrons. The average molecular weight is 501 g/mol. The number of nitrogens with zero attached hydrogens (tertiary/aromatic N) is 3. The van der Waals surface area contributed by atoms with Crippen LogP contribution in [0.3, 0.4) is 0 Å². The Hall–Kier alpha value is -3.43. The molecule has 0 bridgehead atoms. The van der Waals surface area contributed by atoms with Gasteiger partial charge in [-0.25, -0.2) is 13.9 Å². The van der Waals surface area contributed by atoms with Crippen molar-refractivity contribution in [2.24, 2.45) is 0 Å². The fraction of sp³-hybridized carbons (Fsp3) is 0.333. The molecule has 0 saturated carbocycles. The van der Waals surface area contributed by atoms with Crippen LogP contribution < -0.4 is 15.1 Å². The Morgan fingerprint density at radius 3 is 2.49 bits per heavy atom. The van der Waals surface area contributed by atoms with Crippen LogP contribution in [0.25, 0.3) is 0 Å². The van der Waals surface area contributed by atoms with Gasteiger partial charge >= 0.3 is 0 Å². The quantitative estimate of drug-likeness (QED) is 0.331. The maximum absolute atomic E-state index is 13.7. The Morgan fingerprint density at radius 1 is 1.17 bits per heavy atom. The Kier molecular flexibility index (Phi) is 8.48. The molecule has 0 aromatic heterocycles. The summed E-state index contributed by atoms with van der Waals surface area (Å²) in [6, 6.07) is 11.3. The molecule has 1 aliphatic rings. The number of hydroxylamine groups is 1. The van der Waals surface area contributed by atoms with Crippen LogP contribution >= 0.6 is 0 Å². The lowest BCUT2D eigenvalue weighted by molar-refractivity contribution is -0.133. The van der Waals surface area contributed by atoms with E-state index in [0.717, 1.165) is 4.31 Å². The Bertz CT molecular complexity index is 1230. The molecule has 1 unspecified atom stereocenters. The van der Waals surface area contributed by atoms with Gasteiger partial charge in [-0.15, -0.1) is 5.92 Å². The van der Waals surface area contributed by atoms with E-state index < -0.39 is 22.0 Å². The molecule has 10 nitrogen and oxygen atoms in total. The van der Waals surface area contributed by atoms with Crippen molar-refractivity contribution in [2.75, 3.05) is 38.7 Å². The molecule has 0 aliphatic carbocycles. The first kappa shape index (κ1) is 26.2. The Morgan fingerprint density at radius 2 is 1.86 bits per heavy atom. The number of hydrogen-bond acceptors (Lipinski definition) is 7. The minimum atomic E-state index is -4.22. The summed E-state index contributed by atoms with van der Waals surface area (Å²) in [6.45, 7) is 1.46. The zero-order valence-corrected chi connectivity index (χ0v) is 20.6. The van der Waals surface area contributed by atoms with Gasteiger partial charge in [0.05, 0.1) is 18.0 Å². The first-order chi connectivity index (χ1) is 16.7. The molecule has 35 heavy (non-hydrogen) atoms. The first-order valence-corrected chi connectivity index (χ1v) is 12.2. The van der Waals surface area contributed by atoms with Crippen LogP contribution in [0.5, 0.6) is 5.75 Å². The third-order valence-corrected chi connectivity index (χ3v) is 7.26. The predicted molar refractivity (Wildman–Crippen MR) is 129 cm³/mol. The summed E-state index contributed by atoms with van der Waals surface area (Å²) in [7, 11) is -0.748. The van der Waals surface area contributed by atoms with Crippen LogP contribution in [0.1, 0.15) is 12.5 Å². The van der Waals surface area contributed by atoms with E-state index in [1.54, 1.807) is 55.7 Å². The van der Waals surface area contributed by atoms with Crippen molar-refractivity contribution in [3.05, 3.63) is 54.1 Å². The predicted octanol–water partition coefficient (Wildman–Crippen LogP) is 1.06. The van der Waals surface area contributed by atoms with Crippen molar-refractivity contribution in [2.45, 2.75) is 24.4 Å². The van der Waals surface area contributed by atoms with Crippen molar-refractivity contribution in [1.29, 1.82) is 0 Å². The molecule has 11 heteroatoms. The number of carbonyl (C=O) groups excluding carboxylic acids is 2. The van der Waals surface area contributed by atoms with Crippen LogP contribution in [-0.4, -0.2) is 74.5 Å². The highest BCUT2D eigenvalue weighted by Gasteiger charge is 2.41. The SMILES string of the molecule is CC#CCOc1ccc(S(=O)(=O)N2Cc3ccccc3N(C(=O)CN(C)C)CC2C(=O)NO)cc1. The van der Waals surface area contributed by atoms with E-state index in [2.05, 4.69) is 11.8 Å². The van der Waals surface area contributed by atoms with Gasteiger partial charge in [0.2, 0.25) is 15.9 Å². The van der Waals surface area contributed by atoms with Gasteiger partial charge in [-0.3, -0.25) is 14.8 Å². The van der Waals surface area contributed by atoms with Crippen molar-refractivity contribution < 1.29 is 28.0 Å². The van der Waals surface area contributed by atoms with Crippen LogP contribution in [-0.2, 0) is 26.2 Å². The van der Waals surface area contributed by atoms with Gasteiger partial charge in [0.1, 0.15) is 18.4 Å². The highest BCUT2D eigenvalue weighted by atomic mass is 32.2. The number of sulfonamides is 1. The first-order valence-electron chi connectivity index (χ1n) is 10.8. The van der Waals surface area contributed by atoms with E-state index in [-0.39, 0.29) is 37.0 Å². The molecular weight excluding hydrogens is 472 g/mol. The van der Waals surface area contributed by atoms with Gasteiger partial charge in [0, 0.05) is 12.2 Å². The lowest BCUT2D eigenvalue weighted by Gasteiger charge is -2.30. The molecule has 1 aliphatic heterocycles. The maximum Gasteiger partial charge on any atom is 0.263 e. The number of anilines is 1. The Labute approximate surface area is 205 Å². The molecule has 2 amide bonds. The van der Waals surface area contributed by atoms with Crippen LogP contribution in [0.4, 0.5) is 5.69 Å². The summed E-state index contributed by atoms with van der Waals surface area (Å²) in [6.07, 6.45) is 0. The van der Waals surface area contributed by atoms with E-state index in [1.165, 1.54) is 29.2 Å². The van der Waals surface area contributed by atoms with E-state index >= 15 is 0 Å². The lowest BCUT2D eigenvalue weighted by Crippen LogP contribution is -2.54. The smallest absolute Gasteiger partial charge is 0.263 e. The second-order valence-corrected chi connectivity index (χ2v) is 9.99. The van der Waals surface area contributed by atoms with Crippen molar-refractivity contribution >= 4 is 27.5 Å². The normalized spacial score (nSPS) is 16.0. The highest BCUT2D eigenvalue weighted by molar-refractivity contribution is 7.89. The summed E-state index contributed by atoms with van der Waals surface area (Å²) in [5.41, 5.74) is 2.61. The molecule has 2 aromatic rings. The van der Waals surface area contributed by atoms with E-state index in [1.807, 2.05) is 0 Å². The lowest BCUT2D eigenvalue weighted by atomic mass is 10.1. The second-order valence-electron chi connectivity index (χ2n) is 8.10. The maximum atomic E-state index is 13.7. The molecule has 1 heterocycles. The minimum Gasteiger partial charge on any atom is -0.481 e. The highest BCUT2D eigenvalue weighted by Crippen LogP contribution is 2.31. The number of carbonyl (C=O) groups is 2. The summed E-state index contributed by atoms with van der Waals surface area (Å²) >= 11 is 0. The average Bonchev–Trinajstić information content (AvgIpc) is 3.01. The second kappa shape index (κ2) is 11.3. The molecular formula is C24H28N4O6S. The van der Waals surface area contributed by atoms with E-state index in [9.17, 15) is 23.2 Å². The molecule has 186 valence electrons. The number of para-hydroxylation sites is 1. The number of likely N-dealkylation sites (N-methyl/N-ethyl adjacent to an activating group) is 1. The topological polar surface area (TPSA) is 119 Å². The molecule has 1 atom stereocenters. The summed E-state index contributed by atoms with van der Waals surface area (Å²) < 4.78 is 33.8. The molecule has 0 fully saturated rings. The van der Waals surface area contributed by atoms with Gasteiger partial charge in [-0.1, -0.05) is 24.1 Å². The number of rotatable bonds is 7. The third kappa shape index (κ3) is 5.98. The number of ether oxygens (including phenoxy) is 1. The zero-order chi connectivity index (χ0) is 25.6. The molecule has 2 N–H and O–H groups in total. The summed E-state index contributed by atoms with van der Waals surface area (Å²) in [5.74, 6) is 4.65. The van der Waals surface area contributed by atoms with Crippen LogP contribution in [0, 0.1) is 11.8 Å². The van der Waals surface area contributed by atoms with Crippen molar-refractivity contribution in [1.82, 2.24) is 14.7 Å². The van der Waals surface area contributed by atoms with Gasteiger partial charge < -0.3 is 14.5 Å². The number of fused-ring (bicyclic) bond motifs is 1. The molecule has 0 spiro atoms. The fourth-order valence-electron chi connectivity index (χ4n) is 3.72. The van der Waals surface area contributed by atoms with Crippen molar-refractivity contribution in [3.63, 3.8) is 0 Å². The van der Waals surface area contributed by atoms with E-state index in [0.29, 0.717) is 17.0 Å². The minimum absolute atomic E-state index is 0.0540. The number of amides is 2. The summed E-state index contributed by atoms with van der Waals surface area (Å²) in [5, 5.41) is 9.40.